The Bertz CT molecular complexity index is 1010. The van der Waals surface area contributed by atoms with Gasteiger partial charge in [-0.3, -0.25) is 4.79 Å². The van der Waals surface area contributed by atoms with Gasteiger partial charge in [0, 0.05) is 0 Å². The van der Waals surface area contributed by atoms with Crippen LogP contribution in [0.4, 0.5) is 5.69 Å². The van der Waals surface area contributed by atoms with Gasteiger partial charge in [0.2, 0.25) is 5.91 Å². The van der Waals surface area contributed by atoms with E-state index in [0.717, 1.165) is 14.9 Å². The number of nitrogens with zero attached hydrogens (tertiary/aromatic N) is 4. The number of benzene rings is 2. The molecule has 26 heavy (non-hydrogen) atoms. The summed E-state index contributed by atoms with van der Waals surface area (Å²) < 4.78 is 7.22. The Morgan fingerprint density at radius 2 is 2.00 bits per heavy atom. The first-order chi connectivity index (χ1) is 12.5. The van der Waals surface area contributed by atoms with E-state index in [0.29, 0.717) is 22.1 Å². The number of hydrogen-bond acceptors (Lipinski definition) is 5. The van der Waals surface area contributed by atoms with Crippen LogP contribution in [0.5, 0.6) is 5.75 Å². The van der Waals surface area contributed by atoms with Crippen molar-refractivity contribution in [1.29, 1.82) is 0 Å². The normalized spacial score (nSPS) is 10.6. The van der Waals surface area contributed by atoms with Crippen molar-refractivity contribution < 1.29 is 9.53 Å². The number of aryl methyl sites for hydroxylation is 1. The van der Waals surface area contributed by atoms with Crippen molar-refractivity contribution in [3.63, 3.8) is 0 Å². The van der Waals surface area contributed by atoms with Crippen molar-refractivity contribution in [1.82, 2.24) is 19.8 Å². The number of halogens is 1. The van der Waals surface area contributed by atoms with E-state index >= 15 is 0 Å². The number of tetrazole rings is 1. The number of carbonyl (C=O) groups excluding carboxylic acids is 1. The van der Waals surface area contributed by atoms with Crippen LogP contribution in [0, 0.1) is 6.92 Å². The molecule has 3 rings (SSSR count). The van der Waals surface area contributed by atoms with E-state index in [2.05, 4.69) is 15.7 Å². The molecule has 0 atom stereocenters. The van der Waals surface area contributed by atoms with Crippen LogP contribution in [-0.2, 0) is 11.3 Å². The van der Waals surface area contributed by atoms with Gasteiger partial charge in [-0.2, -0.15) is 9.36 Å². The van der Waals surface area contributed by atoms with Crippen molar-refractivity contribution >= 4 is 23.2 Å². The van der Waals surface area contributed by atoms with Gasteiger partial charge in [-0.05, 0) is 47.2 Å². The molecule has 9 heteroatoms. The first-order valence-corrected chi connectivity index (χ1v) is 8.09. The van der Waals surface area contributed by atoms with E-state index in [1.165, 1.54) is 7.11 Å². The highest BCUT2D eigenvalue weighted by molar-refractivity contribution is 6.32. The summed E-state index contributed by atoms with van der Waals surface area (Å²) in [6.45, 7) is 1.61. The van der Waals surface area contributed by atoms with Crippen molar-refractivity contribution in [2.75, 3.05) is 12.4 Å². The highest BCUT2D eigenvalue weighted by Gasteiger charge is 2.15. The Morgan fingerprint density at radius 3 is 2.73 bits per heavy atom. The number of rotatable bonds is 5. The number of para-hydroxylation sites is 1. The number of amides is 1. The first kappa shape index (κ1) is 17.7. The van der Waals surface area contributed by atoms with Gasteiger partial charge in [-0.25, -0.2) is 4.79 Å². The van der Waals surface area contributed by atoms with Gasteiger partial charge in [0.25, 0.3) is 0 Å². The van der Waals surface area contributed by atoms with Crippen LogP contribution in [0.25, 0.3) is 5.69 Å². The second-order valence-corrected chi connectivity index (χ2v) is 5.94. The highest BCUT2D eigenvalue weighted by atomic mass is 35.5. The third kappa shape index (κ3) is 3.60. The third-order valence-electron chi connectivity index (χ3n) is 3.64. The van der Waals surface area contributed by atoms with Crippen LogP contribution in [0.1, 0.15) is 5.56 Å². The zero-order valence-corrected chi connectivity index (χ0v) is 14.9. The quantitative estimate of drug-likeness (QED) is 0.739. The molecule has 0 spiro atoms. The molecule has 0 unspecified atom stereocenters. The lowest BCUT2D eigenvalue weighted by atomic mass is 10.2. The largest absolute Gasteiger partial charge is 0.495 e. The molecule has 1 amide bonds. The molecule has 0 radical (unpaired) electrons. The summed E-state index contributed by atoms with van der Waals surface area (Å²) in [5.41, 5.74) is 1.31. The summed E-state index contributed by atoms with van der Waals surface area (Å²) in [6, 6.07) is 12.1. The van der Waals surface area contributed by atoms with E-state index in [4.69, 9.17) is 16.3 Å². The molecule has 0 bridgehead atoms. The number of anilines is 1. The molecule has 0 saturated carbocycles. The summed E-state index contributed by atoms with van der Waals surface area (Å²) in [6.07, 6.45) is 0. The van der Waals surface area contributed by atoms with Crippen molar-refractivity contribution in [2.45, 2.75) is 13.5 Å². The average Bonchev–Trinajstić information content (AvgIpc) is 2.96. The fourth-order valence-electron chi connectivity index (χ4n) is 2.39. The number of carbonyl (C=O) groups is 1. The van der Waals surface area contributed by atoms with E-state index in [1.807, 2.05) is 13.0 Å². The van der Waals surface area contributed by atoms with Crippen molar-refractivity contribution in [3.8, 4) is 11.4 Å². The minimum atomic E-state index is -0.565. The predicted octanol–water partition coefficient (Wildman–Crippen LogP) is 2.04. The summed E-state index contributed by atoms with van der Waals surface area (Å²) in [5.74, 6) is 0.0956. The fourth-order valence-corrected chi connectivity index (χ4v) is 2.61. The standard InChI is InChI=1S/C17H16ClN5O3/c1-11-7-8-15(26-2)13(9-11)19-16(24)10-22-17(25)23(21-20-22)14-6-4-3-5-12(14)18/h3-9H,10H2,1-2H3,(H,19,24). The van der Waals surface area contributed by atoms with Gasteiger partial charge in [0.1, 0.15) is 12.3 Å². The van der Waals surface area contributed by atoms with Crippen LogP contribution < -0.4 is 15.7 Å². The minimum absolute atomic E-state index is 0.291. The number of aromatic nitrogens is 4. The van der Waals surface area contributed by atoms with Gasteiger partial charge in [0.05, 0.1) is 23.5 Å². The average molecular weight is 374 g/mol. The van der Waals surface area contributed by atoms with Crippen LogP contribution in [0.2, 0.25) is 5.02 Å². The maximum Gasteiger partial charge on any atom is 0.369 e. The Balaban J connectivity index is 1.80. The minimum Gasteiger partial charge on any atom is -0.495 e. The van der Waals surface area contributed by atoms with Gasteiger partial charge >= 0.3 is 5.69 Å². The molecule has 8 nitrogen and oxygen atoms in total. The summed E-state index contributed by atoms with van der Waals surface area (Å²) in [7, 11) is 1.51. The Kier molecular flexibility index (Phi) is 5.04. The second kappa shape index (κ2) is 7.40. The molecule has 0 aliphatic carbocycles. The number of hydrogen-bond donors (Lipinski definition) is 1. The van der Waals surface area contributed by atoms with Gasteiger partial charge in [-0.15, -0.1) is 0 Å². The van der Waals surface area contributed by atoms with E-state index < -0.39 is 11.6 Å². The molecular weight excluding hydrogens is 358 g/mol. The maximum absolute atomic E-state index is 12.4. The summed E-state index contributed by atoms with van der Waals surface area (Å²) in [4.78, 5) is 24.7. The SMILES string of the molecule is COc1ccc(C)cc1NC(=O)Cn1nnn(-c2ccccc2Cl)c1=O. The topological polar surface area (TPSA) is 91.0 Å². The zero-order valence-electron chi connectivity index (χ0n) is 14.1. The smallest absolute Gasteiger partial charge is 0.369 e. The van der Waals surface area contributed by atoms with Crippen LogP contribution in [0.3, 0.4) is 0 Å². The van der Waals surface area contributed by atoms with E-state index in [9.17, 15) is 9.59 Å². The maximum atomic E-state index is 12.4. The second-order valence-electron chi connectivity index (χ2n) is 5.53. The molecule has 0 aliphatic rings. The van der Waals surface area contributed by atoms with E-state index in [-0.39, 0.29) is 6.54 Å². The van der Waals surface area contributed by atoms with Crippen LogP contribution >= 0.6 is 11.6 Å². The Labute approximate surface area is 153 Å². The lowest BCUT2D eigenvalue weighted by molar-refractivity contribution is -0.117. The molecule has 0 aliphatic heterocycles. The summed E-state index contributed by atoms with van der Waals surface area (Å²) in [5, 5.41) is 10.6. The third-order valence-corrected chi connectivity index (χ3v) is 3.96. The monoisotopic (exact) mass is 373 g/mol. The molecule has 1 N–H and O–H groups in total. The Hall–Kier alpha value is -3.13. The van der Waals surface area contributed by atoms with Gasteiger partial charge < -0.3 is 10.1 Å². The lowest BCUT2D eigenvalue weighted by Crippen LogP contribution is -2.29. The van der Waals surface area contributed by atoms with E-state index in [1.54, 1.807) is 36.4 Å². The number of methoxy groups -OCH3 is 1. The summed E-state index contributed by atoms with van der Waals surface area (Å²) >= 11 is 6.07. The molecule has 1 heterocycles. The van der Waals surface area contributed by atoms with Gasteiger partial charge in [-0.1, -0.05) is 29.8 Å². The Morgan fingerprint density at radius 1 is 1.23 bits per heavy atom. The lowest BCUT2D eigenvalue weighted by Gasteiger charge is -2.10. The molecular formula is C17H16ClN5O3. The van der Waals surface area contributed by atoms with Crippen molar-refractivity contribution in [2.24, 2.45) is 0 Å². The molecule has 0 saturated heterocycles. The molecule has 0 fully saturated rings. The molecule has 3 aromatic rings. The number of ether oxygens (including phenoxy) is 1. The highest BCUT2D eigenvalue weighted by Crippen LogP contribution is 2.25. The number of nitrogens with one attached hydrogen (secondary N) is 1. The fraction of sp³-hybridized carbons (Fsp3) is 0.176. The molecule has 1 aromatic heterocycles. The van der Waals surface area contributed by atoms with Crippen LogP contribution in [0.15, 0.2) is 47.3 Å². The predicted molar refractivity (Wildman–Crippen MR) is 97.0 cm³/mol. The molecule has 134 valence electrons. The first-order valence-electron chi connectivity index (χ1n) is 7.72. The van der Waals surface area contributed by atoms with Gasteiger partial charge in [0.15, 0.2) is 0 Å². The zero-order chi connectivity index (χ0) is 18.7. The molecule has 2 aromatic carbocycles. The van der Waals surface area contributed by atoms with Crippen molar-refractivity contribution in [3.05, 3.63) is 63.5 Å². The van der Waals surface area contributed by atoms with Crippen LogP contribution in [-0.4, -0.2) is 32.8 Å².